The van der Waals surface area contributed by atoms with Crippen LogP contribution in [0.2, 0.25) is 5.02 Å². The number of hydrogen-bond donors (Lipinski definition) is 1. The van der Waals surface area contributed by atoms with Crippen LogP contribution in [0.5, 0.6) is 11.5 Å². The Morgan fingerprint density at radius 2 is 1.74 bits per heavy atom. The first-order valence-electron chi connectivity index (χ1n) is 11.5. The van der Waals surface area contributed by atoms with Gasteiger partial charge in [-0.3, -0.25) is 9.10 Å². The zero-order valence-electron chi connectivity index (χ0n) is 20.8. The first-order valence-corrected chi connectivity index (χ1v) is 13.3. The number of hydrazone groups is 1. The number of rotatable bonds is 13. The summed E-state index contributed by atoms with van der Waals surface area (Å²) in [6.45, 7) is 9.18. The summed E-state index contributed by atoms with van der Waals surface area (Å²) in [6.07, 6.45) is 4.62. The van der Waals surface area contributed by atoms with E-state index in [1.807, 2.05) is 6.92 Å². The molecule has 0 aliphatic heterocycles. The number of nitrogens with one attached hydrogen (secondary N) is 1. The third kappa shape index (κ3) is 7.71. The molecular weight excluding hydrogens is 526 g/mol. The minimum atomic E-state index is -4.08. The molecule has 0 atom stereocenters. The van der Waals surface area contributed by atoms with Crippen molar-refractivity contribution >= 4 is 39.4 Å². The molecule has 1 amide bonds. The van der Waals surface area contributed by atoms with Crippen molar-refractivity contribution in [3.8, 4) is 11.5 Å². The Balaban J connectivity index is 1.81. The molecule has 0 aromatic heterocycles. The van der Waals surface area contributed by atoms with Gasteiger partial charge < -0.3 is 9.47 Å². The predicted octanol–water partition coefficient (Wildman–Crippen LogP) is 5.12. The Bertz CT molecular complexity index is 1420. The van der Waals surface area contributed by atoms with E-state index in [0.29, 0.717) is 28.7 Å². The second-order valence-corrected chi connectivity index (χ2v) is 10.3. The smallest absolute Gasteiger partial charge is 0.264 e. The van der Waals surface area contributed by atoms with Crippen molar-refractivity contribution in [2.24, 2.45) is 5.10 Å². The maximum absolute atomic E-state index is 13.5. The van der Waals surface area contributed by atoms with Gasteiger partial charge in [-0.1, -0.05) is 60.7 Å². The van der Waals surface area contributed by atoms with Crippen LogP contribution in [0, 0.1) is 6.92 Å². The SMILES string of the molecule is C=CCOc1ccc(/C=N/NC(=O)CN(c2cccc(Cl)c2)S(=O)(=O)c2ccc(C)cc2)c(OCC=C)c1. The van der Waals surface area contributed by atoms with E-state index < -0.39 is 22.5 Å². The molecule has 1 N–H and O–H groups in total. The fourth-order valence-electron chi connectivity index (χ4n) is 3.26. The maximum atomic E-state index is 13.5. The van der Waals surface area contributed by atoms with Crippen LogP contribution in [0.15, 0.2) is 102 Å². The van der Waals surface area contributed by atoms with E-state index in [9.17, 15) is 13.2 Å². The average molecular weight is 554 g/mol. The lowest BCUT2D eigenvalue weighted by molar-refractivity contribution is -0.119. The summed E-state index contributed by atoms with van der Waals surface area (Å²) >= 11 is 6.11. The molecule has 3 aromatic rings. The minimum Gasteiger partial charge on any atom is -0.489 e. The van der Waals surface area contributed by atoms with Gasteiger partial charge in [-0.05, 0) is 49.4 Å². The summed E-state index contributed by atoms with van der Waals surface area (Å²) in [5.41, 5.74) is 4.10. The summed E-state index contributed by atoms with van der Waals surface area (Å²) in [6, 6.07) is 17.7. The molecule has 0 fully saturated rings. The van der Waals surface area contributed by atoms with Gasteiger partial charge in [0.1, 0.15) is 31.3 Å². The molecule has 0 unspecified atom stereocenters. The predicted molar refractivity (Wildman–Crippen MR) is 151 cm³/mol. The van der Waals surface area contributed by atoms with E-state index in [4.69, 9.17) is 21.1 Å². The number of anilines is 1. The third-order valence-electron chi connectivity index (χ3n) is 5.09. The summed E-state index contributed by atoms with van der Waals surface area (Å²) < 4.78 is 39.1. The molecular formula is C28H28ClN3O5S. The molecule has 3 aromatic carbocycles. The van der Waals surface area contributed by atoms with Gasteiger partial charge in [-0.15, -0.1) is 0 Å². The molecule has 0 aliphatic carbocycles. The molecule has 0 saturated heterocycles. The highest BCUT2D eigenvalue weighted by atomic mass is 35.5. The zero-order chi connectivity index (χ0) is 27.5. The first-order chi connectivity index (χ1) is 18.2. The summed E-state index contributed by atoms with van der Waals surface area (Å²) in [4.78, 5) is 12.9. The quantitative estimate of drug-likeness (QED) is 0.180. The second kappa shape index (κ2) is 13.5. The van der Waals surface area contributed by atoms with Crippen LogP contribution in [0.1, 0.15) is 11.1 Å². The fourth-order valence-corrected chi connectivity index (χ4v) is 4.86. The van der Waals surface area contributed by atoms with E-state index in [-0.39, 0.29) is 17.2 Å². The van der Waals surface area contributed by atoms with Crippen LogP contribution in [0.3, 0.4) is 0 Å². The monoisotopic (exact) mass is 553 g/mol. The van der Waals surface area contributed by atoms with Crippen LogP contribution < -0.4 is 19.2 Å². The summed E-state index contributed by atoms with van der Waals surface area (Å²) in [5, 5.41) is 4.33. The lowest BCUT2D eigenvalue weighted by Crippen LogP contribution is -2.39. The Labute approximate surface area is 227 Å². The maximum Gasteiger partial charge on any atom is 0.264 e. The van der Waals surface area contributed by atoms with E-state index >= 15 is 0 Å². The zero-order valence-corrected chi connectivity index (χ0v) is 22.4. The molecule has 0 heterocycles. The van der Waals surface area contributed by atoms with E-state index in [1.165, 1.54) is 24.4 Å². The Morgan fingerprint density at radius 3 is 2.42 bits per heavy atom. The van der Waals surface area contributed by atoms with Crippen molar-refractivity contribution in [2.45, 2.75) is 11.8 Å². The highest BCUT2D eigenvalue weighted by Crippen LogP contribution is 2.27. The van der Waals surface area contributed by atoms with Crippen molar-refractivity contribution in [1.82, 2.24) is 5.43 Å². The second-order valence-electron chi connectivity index (χ2n) is 8.00. The van der Waals surface area contributed by atoms with Crippen molar-refractivity contribution in [3.05, 3.63) is 108 Å². The van der Waals surface area contributed by atoms with Gasteiger partial charge in [0.05, 0.1) is 16.8 Å². The number of ether oxygens (including phenoxy) is 2. The highest BCUT2D eigenvalue weighted by molar-refractivity contribution is 7.92. The van der Waals surface area contributed by atoms with Crippen molar-refractivity contribution < 1.29 is 22.7 Å². The van der Waals surface area contributed by atoms with Gasteiger partial charge in [0.2, 0.25) is 0 Å². The molecule has 10 heteroatoms. The molecule has 38 heavy (non-hydrogen) atoms. The van der Waals surface area contributed by atoms with Crippen molar-refractivity contribution in [3.63, 3.8) is 0 Å². The van der Waals surface area contributed by atoms with Crippen molar-refractivity contribution in [1.29, 1.82) is 0 Å². The summed E-state index contributed by atoms with van der Waals surface area (Å²) in [7, 11) is -4.08. The van der Waals surface area contributed by atoms with Crippen LogP contribution in [0.25, 0.3) is 0 Å². The van der Waals surface area contributed by atoms with Crippen LogP contribution in [0.4, 0.5) is 5.69 Å². The number of halogens is 1. The number of carbonyl (C=O) groups is 1. The van der Waals surface area contributed by atoms with Crippen LogP contribution >= 0.6 is 11.6 Å². The third-order valence-corrected chi connectivity index (χ3v) is 7.12. The first kappa shape index (κ1) is 28.5. The molecule has 0 spiro atoms. The van der Waals surface area contributed by atoms with Gasteiger partial charge in [0.15, 0.2) is 0 Å². The standard InChI is InChI=1S/C28H28ClN3O5S/c1-4-15-36-25-12-11-22(27(18-25)37-16-5-2)19-30-31-28(33)20-32(24-8-6-7-23(29)17-24)38(34,35)26-13-9-21(3)10-14-26/h4-14,17-19H,1-2,15-16,20H2,3H3,(H,31,33)/b30-19+. The van der Waals surface area contributed by atoms with Gasteiger partial charge in [0, 0.05) is 16.7 Å². The fraction of sp³-hybridized carbons (Fsp3) is 0.143. The Hall–Kier alpha value is -4.08. The van der Waals surface area contributed by atoms with Gasteiger partial charge in [-0.2, -0.15) is 5.10 Å². The molecule has 0 aliphatic rings. The minimum absolute atomic E-state index is 0.0437. The largest absolute Gasteiger partial charge is 0.489 e. The number of benzene rings is 3. The van der Waals surface area contributed by atoms with Crippen molar-refractivity contribution in [2.75, 3.05) is 24.1 Å². The van der Waals surface area contributed by atoms with E-state index in [2.05, 4.69) is 23.7 Å². The molecule has 8 nitrogen and oxygen atoms in total. The average Bonchev–Trinajstić information content (AvgIpc) is 2.90. The van der Waals surface area contributed by atoms with E-state index in [0.717, 1.165) is 9.87 Å². The van der Waals surface area contributed by atoms with E-state index in [1.54, 1.807) is 60.7 Å². The van der Waals surface area contributed by atoms with Gasteiger partial charge >= 0.3 is 0 Å². The normalized spacial score (nSPS) is 11.1. The molecule has 3 rings (SSSR count). The number of sulfonamides is 1. The number of carbonyl (C=O) groups excluding carboxylic acids is 1. The Kier molecular flexibility index (Phi) is 10.1. The number of amides is 1. The summed E-state index contributed by atoms with van der Waals surface area (Å²) in [5.74, 6) is 0.381. The topological polar surface area (TPSA) is 97.3 Å². The molecule has 0 bridgehead atoms. The highest BCUT2D eigenvalue weighted by Gasteiger charge is 2.27. The van der Waals surface area contributed by atoms with Crippen LogP contribution in [-0.2, 0) is 14.8 Å². The number of aryl methyl sites for hydroxylation is 1. The lowest BCUT2D eigenvalue weighted by Gasteiger charge is -2.24. The van der Waals surface area contributed by atoms with Crippen LogP contribution in [-0.4, -0.2) is 40.3 Å². The Morgan fingerprint density at radius 1 is 1.03 bits per heavy atom. The van der Waals surface area contributed by atoms with Gasteiger partial charge in [0.25, 0.3) is 15.9 Å². The lowest BCUT2D eigenvalue weighted by atomic mass is 10.2. The molecule has 0 radical (unpaired) electrons. The molecule has 198 valence electrons. The number of nitrogens with zero attached hydrogens (tertiary/aromatic N) is 2. The van der Waals surface area contributed by atoms with Gasteiger partial charge in [-0.25, -0.2) is 13.8 Å². The molecule has 0 saturated carbocycles. The number of hydrogen-bond acceptors (Lipinski definition) is 6.